The second-order valence-corrected chi connectivity index (χ2v) is 21.4. The predicted octanol–water partition coefficient (Wildman–Crippen LogP) is 12.9. The zero-order chi connectivity index (χ0) is 51.8. The average Bonchev–Trinajstić information content (AvgIpc) is 3.37. The third-order valence-electron chi connectivity index (χ3n) is 14.7. The van der Waals surface area contributed by atoms with Gasteiger partial charge in [0.1, 0.15) is 36.6 Å². The van der Waals surface area contributed by atoms with E-state index in [2.05, 4.69) is 43.5 Å². The third-order valence-corrected chi connectivity index (χ3v) is 14.7. The molecule has 420 valence electrons. The summed E-state index contributed by atoms with van der Waals surface area (Å²) in [4.78, 5) is 13.2. The number of rotatable bonds is 52. The molecule has 71 heavy (non-hydrogen) atoms. The van der Waals surface area contributed by atoms with E-state index >= 15 is 0 Å². The van der Waals surface area contributed by atoms with E-state index in [0.717, 1.165) is 38.5 Å². The summed E-state index contributed by atoms with van der Waals surface area (Å²) in [5.41, 5.74) is 0. The van der Waals surface area contributed by atoms with Crippen LogP contribution in [-0.2, 0) is 14.3 Å². The highest BCUT2D eigenvalue weighted by Crippen LogP contribution is 2.23. The lowest BCUT2D eigenvalue weighted by Gasteiger charge is -2.40. The van der Waals surface area contributed by atoms with Crippen molar-refractivity contribution in [3.63, 3.8) is 0 Å². The fourth-order valence-corrected chi connectivity index (χ4v) is 9.79. The fourth-order valence-electron chi connectivity index (χ4n) is 9.79. The minimum absolute atomic E-state index is 0.257. The standard InChI is InChI=1S/C60H115NO10/c1-3-5-7-9-11-13-15-17-18-19-20-21-22-23-24-25-26-27-28-29-30-31-32-33-34-35-36-38-40-42-44-46-48-53(64)59(69)61-51(50-70-60-58(68)57(67)56(66)54(49-62)71-60)55(65)52(63)47-45-43-41-39-37-16-14-12-10-8-6-4-2/h23-24,39,41,51-58,60,62-68H,3-22,25-38,40,42-50H2,1-2H3,(H,61,69)/b24-23-,41-39+. The molecule has 1 fully saturated rings. The topological polar surface area (TPSA) is 189 Å². The molecule has 0 aliphatic carbocycles. The Morgan fingerprint density at radius 1 is 0.479 bits per heavy atom. The third kappa shape index (κ3) is 37.9. The highest BCUT2D eigenvalue weighted by molar-refractivity contribution is 5.80. The van der Waals surface area contributed by atoms with Crippen LogP contribution in [0, 0.1) is 0 Å². The van der Waals surface area contributed by atoms with Gasteiger partial charge >= 0.3 is 0 Å². The van der Waals surface area contributed by atoms with Gasteiger partial charge in [-0.15, -0.1) is 0 Å². The minimum atomic E-state index is -1.67. The summed E-state index contributed by atoms with van der Waals surface area (Å²) >= 11 is 0. The highest BCUT2D eigenvalue weighted by atomic mass is 16.7. The molecule has 9 unspecified atom stereocenters. The van der Waals surface area contributed by atoms with E-state index in [0.29, 0.717) is 12.8 Å². The van der Waals surface area contributed by atoms with Crippen LogP contribution in [0.3, 0.4) is 0 Å². The van der Waals surface area contributed by atoms with E-state index in [1.807, 2.05) is 0 Å². The number of unbranched alkanes of at least 4 members (excludes halogenated alkanes) is 36. The molecule has 1 aliphatic rings. The molecule has 9 atom stereocenters. The summed E-state index contributed by atoms with van der Waals surface area (Å²) < 4.78 is 11.1. The molecule has 1 rings (SSSR count). The van der Waals surface area contributed by atoms with Gasteiger partial charge in [0, 0.05) is 0 Å². The summed E-state index contributed by atoms with van der Waals surface area (Å²) in [5.74, 6) is -0.703. The molecule has 1 amide bonds. The molecule has 0 bridgehead atoms. The molecular formula is C60H115NO10. The number of aliphatic hydroxyl groups excluding tert-OH is 7. The Balaban J connectivity index is 2.18. The Bertz CT molecular complexity index is 1200. The van der Waals surface area contributed by atoms with Crippen molar-refractivity contribution in [2.45, 2.75) is 339 Å². The van der Waals surface area contributed by atoms with Gasteiger partial charge in [-0.1, -0.05) is 244 Å². The van der Waals surface area contributed by atoms with E-state index in [1.165, 1.54) is 205 Å². The average molecular weight is 1010 g/mol. The summed E-state index contributed by atoms with van der Waals surface area (Å²) in [6.07, 6.45) is 48.4. The normalized spacial score (nSPS) is 20.3. The first-order valence-electron chi connectivity index (χ1n) is 30.2. The summed E-state index contributed by atoms with van der Waals surface area (Å²) in [6, 6.07) is -1.18. The number of nitrogens with one attached hydrogen (secondary N) is 1. The first-order chi connectivity index (χ1) is 34.7. The maximum absolute atomic E-state index is 13.2. The minimum Gasteiger partial charge on any atom is -0.394 e. The summed E-state index contributed by atoms with van der Waals surface area (Å²) in [7, 11) is 0. The van der Waals surface area contributed by atoms with Crippen molar-refractivity contribution < 1.29 is 50.0 Å². The van der Waals surface area contributed by atoms with Crippen molar-refractivity contribution in [1.29, 1.82) is 0 Å². The Hall–Kier alpha value is -1.41. The summed E-state index contributed by atoms with van der Waals surface area (Å²) in [6.45, 7) is 3.44. The van der Waals surface area contributed by atoms with Gasteiger partial charge in [-0.25, -0.2) is 0 Å². The molecule has 0 aromatic carbocycles. The van der Waals surface area contributed by atoms with Crippen molar-refractivity contribution in [2.24, 2.45) is 0 Å². The number of aliphatic hydroxyl groups is 7. The van der Waals surface area contributed by atoms with Gasteiger partial charge in [-0.3, -0.25) is 4.79 Å². The van der Waals surface area contributed by atoms with E-state index < -0.39 is 74.2 Å². The quantitative estimate of drug-likeness (QED) is 0.0215. The van der Waals surface area contributed by atoms with Crippen LogP contribution in [0.15, 0.2) is 24.3 Å². The van der Waals surface area contributed by atoms with E-state index in [9.17, 15) is 40.5 Å². The van der Waals surface area contributed by atoms with Crippen molar-refractivity contribution in [3.8, 4) is 0 Å². The van der Waals surface area contributed by atoms with Crippen molar-refractivity contribution in [2.75, 3.05) is 13.2 Å². The Labute approximate surface area is 435 Å². The first-order valence-corrected chi connectivity index (χ1v) is 30.2. The SMILES string of the molecule is CCCCCCCCC/C=C/CCCC(O)C(O)C(COC1OC(CO)C(O)C(O)C1O)NC(=O)C(O)CCCCCCCCCCCCCCCCCC/C=C\CCCCCCCCCCCCCC. The van der Waals surface area contributed by atoms with Crippen molar-refractivity contribution >= 4 is 5.91 Å². The molecule has 0 spiro atoms. The van der Waals surface area contributed by atoms with Crippen molar-refractivity contribution in [3.05, 3.63) is 24.3 Å². The predicted molar refractivity (Wildman–Crippen MR) is 293 cm³/mol. The van der Waals surface area contributed by atoms with Crippen LogP contribution in [0.5, 0.6) is 0 Å². The van der Waals surface area contributed by atoms with Gasteiger partial charge in [0.05, 0.1) is 25.4 Å². The lowest BCUT2D eigenvalue weighted by molar-refractivity contribution is -0.303. The number of carbonyl (C=O) groups is 1. The van der Waals surface area contributed by atoms with Crippen molar-refractivity contribution in [1.82, 2.24) is 5.32 Å². The summed E-state index contributed by atoms with van der Waals surface area (Å²) in [5, 5.41) is 75.9. The monoisotopic (exact) mass is 1010 g/mol. The fraction of sp³-hybridized carbons (Fsp3) is 0.917. The van der Waals surface area contributed by atoms with E-state index in [-0.39, 0.29) is 12.8 Å². The zero-order valence-electron chi connectivity index (χ0n) is 46.0. The van der Waals surface area contributed by atoms with Crippen LogP contribution in [0.4, 0.5) is 0 Å². The second kappa shape index (κ2) is 49.5. The van der Waals surface area contributed by atoms with Crippen LogP contribution in [0.2, 0.25) is 0 Å². The smallest absolute Gasteiger partial charge is 0.249 e. The number of hydrogen-bond donors (Lipinski definition) is 8. The maximum Gasteiger partial charge on any atom is 0.249 e. The Morgan fingerprint density at radius 2 is 0.831 bits per heavy atom. The van der Waals surface area contributed by atoms with Gasteiger partial charge in [-0.05, 0) is 64.2 Å². The van der Waals surface area contributed by atoms with E-state index in [4.69, 9.17) is 9.47 Å². The van der Waals surface area contributed by atoms with Gasteiger partial charge in [-0.2, -0.15) is 0 Å². The van der Waals surface area contributed by atoms with Gasteiger partial charge in [0.15, 0.2) is 6.29 Å². The van der Waals surface area contributed by atoms with Crippen LogP contribution >= 0.6 is 0 Å². The largest absolute Gasteiger partial charge is 0.394 e. The molecule has 1 aliphatic heterocycles. The number of allylic oxidation sites excluding steroid dienone is 4. The molecule has 11 nitrogen and oxygen atoms in total. The van der Waals surface area contributed by atoms with Gasteiger partial charge < -0.3 is 50.5 Å². The molecule has 8 N–H and O–H groups in total. The van der Waals surface area contributed by atoms with Crippen LogP contribution in [0.1, 0.15) is 284 Å². The second-order valence-electron chi connectivity index (χ2n) is 21.4. The molecule has 0 saturated carbocycles. The highest BCUT2D eigenvalue weighted by Gasteiger charge is 2.44. The molecule has 0 radical (unpaired) electrons. The lowest BCUT2D eigenvalue weighted by atomic mass is 9.98. The molecular weight excluding hydrogens is 895 g/mol. The molecule has 0 aromatic heterocycles. The Morgan fingerprint density at radius 3 is 1.21 bits per heavy atom. The van der Waals surface area contributed by atoms with Crippen LogP contribution in [-0.4, -0.2) is 110 Å². The molecule has 1 heterocycles. The lowest BCUT2D eigenvalue weighted by Crippen LogP contribution is -2.60. The Kier molecular flexibility index (Phi) is 47.1. The molecule has 0 aromatic rings. The maximum atomic E-state index is 13.2. The number of amides is 1. The van der Waals surface area contributed by atoms with E-state index in [1.54, 1.807) is 0 Å². The van der Waals surface area contributed by atoms with Gasteiger partial charge in [0.25, 0.3) is 0 Å². The first kappa shape index (κ1) is 67.6. The molecule has 11 heteroatoms. The van der Waals surface area contributed by atoms with Gasteiger partial charge in [0.2, 0.25) is 5.91 Å². The van der Waals surface area contributed by atoms with Crippen LogP contribution in [0.25, 0.3) is 0 Å². The number of ether oxygens (including phenoxy) is 2. The number of hydrogen-bond acceptors (Lipinski definition) is 10. The zero-order valence-corrected chi connectivity index (χ0v) is 46.0. The van der Waals surface area contributed by atoms with Crippen LogP contribution < -0.4 is 5.32 Å². The number of carbonyl (C=O) groups excluding carboxylic acids is 1. The molecule has 1 saturated heterocycles.